The van der Waals surface area contributed by atoms with Crippen molar-refractivity contribution < 1.29 is 14.3 Å². The van der Waals surface area contributed by atoms with Crippen molar-refractivity contribution in [2.24, 2.45) is 5.73 Å². The molecule has 0 radical (unpaired) electrons. The Morgan fingerprint density at radius 1 is 1.36 bits per heavy atom. The van der Waals surface area contributed by atoms with Crippen LogP contribution in [0, 0.1) is 0 Å². The summed E-state index contributed by atoms with van der Waals surface area (Å²) in [5, 5.41) is 0. The molecule has 4 heteroatoms. The van der Waals surface area contributed by atoms with Crippen LogP contribution >= 0.6 is 0 Å². The molecule has 0 bridgehead atoms. The van der Waals surface area contributed by atoms with E-state index in [1.165, 1.54) is 0 Å². The van der Waals surface area contributed by atoms with Gasteiger partial charge in [-0.3, -0.25) is 4.79 Å². The van der Waals surface area contributed by atoms with Gasteiger partial charge in [0.2, 0.25) is 0 Å². The van der Waals surface area contributed by atoms with Gasteiger partial charge in [0.1, 0.15) is 5.75 Å². The second-order valence-corrected chi connectivity index (χ2v) is 2.70. The van der Waals surface area contributed by atoms with Gasteiger partial charge >= 0.3 is 0 Å². The monoisotopic (exact) mass is 195 g/mol. The van der Waals surface area contributed by atoms with Crippen molar-refractivity contribution in [3.05, 3.63) is 29.8 Å². The van der Waals surface area contributed by atoms with Gasteiger partial charge in [0.05, 0.1) is 6.54 Å². The standard InChI is InChI=1S/C10H13NO3/c1-13-7-14-9-4-2-8(3-5-9)10(12)6-11/h2-5H,6-7,11H2,1H3. The second-order valence-electron chi connectivity index (χ2n) is 2.70. The highest BCUT2D eigenvalue weighted by molar-refractivity contribution is 5.97. The fourth-order valence-corrected chi connectivity index (χ4v) is 0.982. The molecule has 1 aromatic rings. The highest BCUT2D eigenvalue weighted by Gasteiger charge is 2.02. The van der Waals surface area contributed by atoms with Gasteiger partial charge in [-0.1, -0.05) is 0 Å². The average Bonchev–Trinajstić information content (AvgIpc) is 2.26. The summed E-state index contributed by atoms with van der Waals surface area (Å²) in [6, 6.07) is 6.78. The summed E-state index contributed by atoms with van der Waals surface area (Å²) in [5.41, 5.74) is 5.82. The number of ether oxygens (including phenoxy) is 2. The molecule has 0 saturated carbocycles. The number of benzene rings is 1. The lowest BCUT2D eigenvalue weighted by molar-refractivity contribution is 0.0511. The number of hydrogen-bond donors (Lipinski definition) is 1. The maximum Gasteiger partial charge on any atom is 0.188 e. The van der Waals surface area contributed by atoms with Crippen LogP contribution < -0.4 is 10.5 Å². The maximum absolute atomic E-state index is 11.1. The zero-order valence-electron chi connectivity index (χ0n) is 8.03. The van der Waals surface area contributed by atoms with E-state index in [2.05, 4.69) is 0 Å². The zero-order chi connectivity index (χ0) is 10.4. The summed E-state index contributed by atoms with van der Waals surface area (Å²) >= 11 is 0. The third-order valence-electron chi connectivity index (χ3n) is 1.71. The van der Waals surface area contributed by atoms with Crippen LogP contribution in [-0.2, 0) is 4.74 Å². The van der Waals surface area contributed by atoms with Crippen molar-refractivity contribution >= 4 is 5.78 Å². The van der Waals surface area contributed by atoms with Crippen LogP contribution in [0.15, 0.2) is 24.3 Å². The number of hydrogen-bond acceptors (Lipinski definition) is 4. The zero-order valence-corrected chi connectivity index (χ0v) is 8.03. The third-order valence-corrected chi connectivity index (χ3v) is 1.71. The van der Waals surface area contributed by atoms with Gasteiger partial charge in [0.15, 0.2) is 12.6 Å². The summed E-state index contributed by atoms with van der Waals surface area (Å²) in [6.45, 7) is 0.225. The van der Waals surface area contributed by atoms with Crippen molar-refractivity contribution in [1.82, 2.24) is 0 Å². The Morgan fingerprint density at radius 3 is 2.50 bits per heavy atom. The normalized spacial score (nSPS) is 9.86. The number of methoxy groups -OCH3 is 1. The lowest BCUT2D eigenvalue weighted by atomic mass is 10.1. The first-order valence-electron chi connectivity index (χ1n) is 4.23. The van der Waals surface area contributed by atoms with E-state index >= 15 is 0 Å². The van der Waals surface area contributed by atoms with Gasteiger partial charge in [0.25, 0.3) is 0 Å². The maximum atomic E-state index is 11.1. The van der Waals surface area contributed by atoms with E-state index in [0.717, 1.165) is 0 Å². The van der Waals surface area contributed by atoms with Gasteiger partial charge in [-0.2, -0.15) is 0 Å². The summed E-state index contributed by atoms with van der Waals surface area (Å²) in [4.78, 5) is 11.1. The molecule has 76 valence electrons. The molecule has 0 spiro atoms. The Balaban J connectivity index is 2.63. The molecular formula is C10H13NO3. The summed E-state index contributed by atoms with van der Waals surface area (Å²) in [5.74, 6) is 0.587. The fourth-order valence-electron chi connectivity index (χ4n) is 0.982. The van der Waals surface area contributed by atoms with Gasteiger partial charge in [-0.05, 0) is 24.3 Å². The lowest BCUT2D eigenvalue weighted by Gasteiger charge is -2.04. The van der Waals surface area contributed by atoms with E-state index in [1.807, 2.05) is 0 Å². The molecule has 0 unspecified atom stereocenters. The van der Waals surface area contributed by atoms with Gasteiger partial charge in [-0.15, -0.1) is 0 Å². The van der Waals surface area contributed by atoms with Crippen LogP contribution in [0.4, 0.5) is 0 Å². The van der Waals surface area contributed by atoms with Crippen LogP contribution in [0.3, 0.4) is 0 Å². The molecule has 0 heterocycles. The summed E-state index contributed by atoms with van der Waals surface area (Å²) < 4.78 is 9.89. The number of Topliss-reactive ketones (excluding diaryl/α,β-unsaturated/α-hetero) is 1. The molecule has 14 heavy (non-hydrogen) atoms. The smallest absolute Gasteiger partial charge is 0.188 e. The predicted octanol–water partition coefficient (Wildman–Crippen LogP) is 0.811. The summed E-state index contributed by atoms with van der Waals surface area (Å²) in [7, 11) is 1.55. The Hall–Kier alpha value is -1.39. The minimum atomic E-state index is -0.0803. The molecule has 0 aliphatic carbocycles. The molecule has 0 fully saturated rings. The Morgan fingerprint density at radius 2 is 2.00 bits per heavy atom. The molecule has 1 rings (SSSR count). The van der Waals surface area contributed by atoms with Gasteiger partial charge < -0.3 is 15.2 Å². The van der Waals surface area contributed by atoms with Crippen molar-refractivity contribution in [3.8, 4) is 5.75 Å². The minimum absolute atomic E-state index is 0.0261. The van der Waals surface area contributed by atoms with Crippen LogP contribution in [0.2, 0.25) is 0 Å². The quantitative estimate of drug-likeness (QED) is 0.558. The van der Waals surface area contributed by atoms with Crippen LogP contribution in [0.1, 0.15) is 10.4 Å². The average molecular weight is 195 g/mol. The highest BCUT2D eigenvalue weighted by atomic mass is 16.7. The molecule has 0 amide bonds. The molecule has 1 aromatic carbocycles. The molecule has 0 aliphatic rings. The molecule has 0 saturated heterocycles. The Bertz CT molecular complexity index is 295. The van der Waals surface area contributed by atoms with Crippen molar-refractivity contribution in [2.45, 2.75) is 0 Å². The number of nitrogens with two attached hydrogens (primary N) is 1. The largest absolute Gasteiger partial charge is 0.468 e. The fraction of sp³-hybridized carbons (Fsp3) is 0.300. The predicted molar refractivity (Wildman–Crippen MR) is 52.3 cm³/mol. The molecule has 4 nitrogen and oxygen atoms in total. The van der Waals surface area contributed by atoms with Crippen LogP contribution in [0.25, 0.3) is 0 Å². The van der Waals surface area contributed by atoms with Gasteiger partial charge in [0, 0.05) is 12.7 Å². The SMILES string of the molecule is COCOc1ccc(C(=O)CN)cc1. The number of ketones is 1. The first-order valence-corrected chi connectivity index (χ1v) is 4.23. The Labute approximate surface area is 82.6 Å². The first-order chi connectivity index (χ1) is 6.77. The molecule has 0 aliphatic heterocycles. The van der Waals surface area contributed by atoms with Crippen molar-refractivity contribution in [1.29, 1.82) is 0 Å². The lowest BCUT2D eigenvalue weighted by Crippen LogP contribution is -2.13. The first kappa shape index (κ1) is 10.7. The highest BCUT2D eigenvalue weighted by Crippen LogP contribution is 2.12. The minimum Gasteiger partial charge on any atom is -0.468 e. The van der Waals surface area contributed by atoms with E-state index in [0.29, 0.717) is 11.3 Å². The number of carbonyl (C=O) groups is 1. The van der Waals surface area contributed by atoms with Crippen LogP contribution in [0.5, 0.6) is 5.75 Å². The van der Waals surface area contributed by atoms with Crippen molar-refractivity contribution in [2.75, 3.05) is 20.4 Å². The second kappa shape index (κ2) is 5.36. The number of rotatable bonds is 5. The molecular weight excluding hydrogens is 182 g/mol. The van der Waals surface area contributed by atoms with Crippen molar-refractivity contribution in [3.63, 3.8) is 0 Å². The van der Waals surface area contributed by atoms with E-state index in [1.54, 1.807) is 31.4 Å². The Kier molecular flexibility index (Phi) is 4.10. The van der Waals surface area contributed by atoms with E-state index in [4.69, 9.17) is 15.2 Å². The number of carbonyl (C=O) groups excluding carboxylic acids is 1. The molecule has 2 N–H and O–H groups in total. The third kappa shape index (κ3) is 2.83. The topological polar surface area (TPSA) is 61.5 Å². The molecule has 0 aromatic heterocycles. The van der Waals surface area contributed by atoms with E-state index < -0.39 is 0 Å². The van der Waals surface area contributed by atoms with E-state index in [-0.39, 0.29) is 19.1 Å². The van der Waals surface area contributed by atoms with E-state index in [9.17, 15) is 4.79 Å². The van der Waals surface area contributed by atoms with Crippen LogP contribution in [-0.4, -0.2) is 26.2 Å². The summed E-state index contributed by atoms with van der Waals surface area (Å²) in [6.07, 6.45) is 0. The molecule has 0 atom stereocenters. The van der Waals surface area contributed by atoms with Gasteiger partial charge in [-0.25, -0.2) is 0 Å².